The summed E-state index contributed by atoms with van der Waals surface area (Å²) in [4.78, 5) is 41.3. The molecule has 0 fully saturated rings. The SMILES string of the molecule is CC(C)(C)OC(=O)N1CCc2ccc(N3Cc4c(C(=O)O)nn(-c5cccc(Cl)c5)c4C3=O)cc2C1. The van der Waals surface area contributed by atoms with Crippen LogP contribution in [0.4, 0.5) is 10.5 Å². The van der Waals surface area contributed by atoms with Crippen LogP contribution < -0.4 is 4.90 Å². The number of carbonyl (C=O) groups excluding carboxylic acids is 2. The number of nitrogens with zero attached hydrogens (tertiary/aromatic N) is 4. The van der Waals surface area contributed by atoms with Crippen molar-refractivity contribution in [3.63, 3.8) is 0 Å². The maximum Gasteiger partial charge on any atom is 0.410 e. The molecule has 0 saturated carbocycles. The van der Waals surface area contributed by atoms with Gasteiger partial charge >= 0.3 is 12.1 Å². The Hall–Kier alpha value is -3.85. The first-order valence-electron chi connectivity index (χ1n) is 11.5. The molecule has 2 aliphatic rings. The zero-order valence-electron chi connectivity index (χ0n) is 20.1. The quantitative estimate of drug-likeness (QED) is 0.551. The van der Waals surface area contributed by atoms with E-state index >= 15 is 0 Å². The molecule has 2 aliphatic heterocycles. The summed E-state index contributed by atoms with van der Waals surface area (Å²) in [7, 11) is 0. The first kappa shape index (κ1) is 23.9. The predicted octanol–water partition coefficient (Wildman–Crippen LogP) is 4.68. The summed E-state index contributed by atoms with van der Waals surface area (Å²) in [6.45, 7) is 6.47. The van der Waals surface area contributed by atoms with Gasteiger partial charge in [0, 0.05) is 29.4 Å². The van der Waals surface area contributed by atoms with Crippen LogP contribution >= 0.6 is 11.6 Å². The third kappa shape index (κ3) is 4.30. The van der Waals surface area contributed by atoms with Crippen molar-refractivity contribution in [3.05, 3.63) is 75.6 Å². The zero-order chi connectivity index (χ0) is 25.8. The molecule has 2 amide bonds. The maximum atomic E-state index is 13.6. The van der Waals surface area contributed by atoms with E-state index < -0.39 is 11.6 Å². The Labute approximate surface area is 212 Å². The number of benzene rings is 2. The van der Waals surface area contributed by atoms with Crippen molar-refractivity contribution in [1.82, 2.24) is 14.7 Å². The summed E-state index contributed by atoms with van der Waals surface area (Å²) in [6.07, 6.45) is 0.298. The fourth-order valence-corrected chi connectivity index (χ4v) is 4.73. The van der Waals surface area contributed by atoms with Gasteiger partial charge in [-0.05, 0) is 68.7 Å². The van der Waals surface area contributed by atoms with Gasteiger partial charge in [-0.3, -0.25) is 4.79 Å². The number of anilines is 1. The molecule has 0 spiro atoms. The van der Waals surface area contributed by atoms with Gasteiger partial charge in [0.05, 0.1) is 12.2 Å². The zero-order valence-corrected chi connectivity index (χ0v) is 20.9. The third-order valence-electron chi connectivity index (χ3n) is 6.17. The van der Waals surface area contributed by atoms with E-state index in [-0.39, 0.29) is 29.9 Å². The molecule has 1 aromatic heterocycles. The van der Waals surface area contributed by atoms with Crippen LogP contribution in [-0.2, 0) is 24.2 Å². The molecule has 5 rings (SSSR count). The number of aromatic carboxylic acids is 1. The van der Waals surface area contributed by atoms with Crippen LogP contribution in [0.2, 0.25) is 5.02 Å². The molecule has 0 unspecified atom stereocenters. The van der Waals surface area contributed by atoms with Crippen molar-refractivity contribution in [2.75, 3.05) is 11.4 Å². The van der Waals surface area contributed by atoms with E-state index in [1.807, 2.05) is 39.0 Å². The van der Waals surface area contributed by atoms with E-state index in [1.165, 1.54) is 9.58 Å². The Balaban J connectivity index is 1.47. The highest BCUT2D eigenvalue weighted by Gasteiger charge is 2.38. The van der Waals surface area contributed by atoms with E-state index in [0.29, 0.717) is 41.5 Å². The lowest BCUT2D eigenvalue weighted by Gasteiger charge is -2.31. The summed E-state index contributed by atoms with van der Waals surface area (Å²) in [6, 6.07) is 12.4. The van der Waals surface area contributed by atoms with Crippen LogP contribution in [0.1, 0.15) is 58.4 Å². The van der Waals surface area contributed by atoms with Gasteiger partial charge in [0.2, 0.25) is 0 Å². The van der Waals surface area contributed by atoms with E-state index in [4.69, 9.17) is 16.3 Å². The monoisotopic (exact) mass is 508 g/mol. The molecule has 3 heterocycles. The second-order valence-corrected chi connectivity index (χ2v) is 10.3. The first-order chi connectivity index (χ1) is 17.0. The van der Waals surface area contributed by atoms with Gasteiger partial charge in [-0.25, -0.2) is 14.3 Å². The molecule has 10 heteroatoms. The highest BCUT2D eigenvalue weighted by atomic mass is 35.5. The largest absolute Gasteiger partial charge is 0.476 e. The fourth-order valence-electron chi connectivity index (χ4n) is 4.55. The fraction of sp³-hybridized carbons (Fsp3) is 0.308. The van der Waals surface area contributed by atoms with Gasteiger partial charge in [0.25, 0.3) is 5.91 Å². The van der Waals surface area contributed by atoms with E-state index in [9.17, 15) is 19.5 Å². The molecule has 2 aromatic carbocycles. The van der Waals surface area contributed by atoms with Crippen LogP contribution in [0, 0.1) is 0 Å². The van der Waals surface area contributed by atoms with Crippen molar-refractivity contribution in [3.8, 4) is 5.69 Å². The van der Waals surface area contributed by atoms with E-state index in [1.54, 1.807) is 29.2 Å². The second kappa shape index (κ2) is 8.67. The van der Waals surface area contributed by atoms with Crippen LogP contribution in [0.15, 0.2) is 42.5 Å². The highest BCUT2D eigenvalue weighted by Crippen LogP contribution is 2.34. The molecular formula is C26H25ClN4O5. The van der Waals surface area contributed by atoms with Gasteiger partial charge in [0.1, 0.15) is 11.3 Å². The molecule has 0 radical (unpaired) electrons. The number of hydrogen-bond donors (Lipinski definition) is 1. The Morgan fingerprint density at radius 3 is 2.53 bits per heavy atom. The molecule has 0 atom stereocenters. The van der Waals surface area contributed by atoms with Crippen molar-refractivity contribution in [1.29, 1.82) is 0 Å². The van der Waals surface area contributed by atoms with Gasteiger partial charge < -0.3 is 19.6 Å². The predicted molar refractivity (Wildman–Crippen MR) is 133 cm³/mol. The normalized spacial score (nSPS) is 15.1. The number of halogens is 1. The molecule has 9 nitrogen and oxygen atoms in total. The standard InChI is InChI=1S/C26H25ClN4O5/c1-26(2,3)36-25(35)29-10-9-15-7-8-18(11-16(15)13-29)30-14-20-21(24(33)34)28-31(22(20)23(30)32)19-6-4-5-17(27)12-19/h4-8,11-12H,9-10,13-14H2,1-3H3,(H,33,34). The molecule has 0 bridgehead atoms. The number of rotatable bonds is 3. The Morgan fingerprint density at radius 1 is 1.06 bits per heavy atom. The Morgan fingerprint density at radius 2 is 1.83 bits per heavy atom. The minimum absolute atomic E-state index is 0.0743. The molecular weight excluding hydrogens is 484 g/mol. The molecule has 3 aromatic rings. The van der Waals surface area contributed by atoms with Gasteiger partial charge in [-0.2, -0.15) is 5.10 Å². The Bertz CT molecular complexity index is 1410. The number of carboxylic acids is 1. The van der Waals surface area contributed by atoms with Gasteiger partial charge in [-0.15, -0.1) is 0 Å². The summed E-state index contributed by atoms with van der Waals surface area (Å²) < 4.78 is 6.86. The van der Waals surface area contributed by atoms with Crippen LogP contribution in [0.3, 0.4) is 0 Å². The molecule has 0 aliphatic carbocycles. The van der Waals surface area contributed by atoms with Crippen LogP contribution in [0.5, 0.6) is 0 Å². The number of amides is 2. The highest BCUT2D eigenvalue weighted by molar-refractivity contribution is 6.30. The average Bonchev–Trinajstić information content (AvgIpc) is 3.35. The summed E-state index contributed by atoms with van der Waals surface area (Å²) in [5, 5.41) is 14.4. The topological polar surface area (TPSA) is 105 Å². The number of ether oxygens (including phenoxy) is 1. The van der Waals surface area contributed by atoms with Gasteiger partial charge in [0.15, 0.2) is 5.69 Å². The number of carboxylic acid groups (broad SMARTS) is 1. The van der Waals surface area contributed by atoms with E-state index in [2.05, 4.69) is 5.10 Å². The lowest BCUT2D eigenvalue weighted by atomic mass is 9.99. The minimum Gasteiger partial charge on any atom is -0.476 e. The van der Waals surface area contributed by atoms with Crippen molar-refractivity contribution in [2.24, 2.45) is 0 Å². The van der Waals surface area contributed by atoms with Crippen molar-refractivity contribution >= 4 is 35.3 Å². The molecule has 36 heavy (non-hydrogen) atoms. The lowest BCUT2D eigenvalue weighted by Crippen LogP contribution is -2.40. The van der Waals surface area contributed by atoms with Crippen LogP contribution in [-0.4, -0.2) is 49.9 Å². The second-order valence-electron chi connectivity index (χ2n) is 9.87. The molecule has 186 valence electrons. The van der Waals surface area contributed by atoms with Crippen molar-refractivity contribution in [2.45, 2.75) is 45.9 Å². The van der Waals surface area contributed by atoms with E-state index in [0.717, 1.165) is 11.1 Å². The lowest BCUT2D eigenvalue weighted by molar-refractivity contribution is 0.0223. The number of carbonyl (C=O) groups is 3. The summed E-state index contributed by atoms with van der Waals surface area (Å²) >= 11 is 6.12. The summed E-state index contributed by atoms with van der Waals surface area (Å²) in [5.41, 5.74) is 2.92. The maximum absolute atomic E-state index is 13.6. The molecule has 0 saturated heterocycles. The number of fused-ring (bicyclic) bond motifs is 2. The third-order valence-corrected chi connectivity index (χ3v) is 6.40. The van der Waals surface area contributed by atoms with Gasteiger partial charge in [-0.1, -0.05) is 23.7 Å². The average molecular weight is 509 g/mol. The smallest absolute Gasteiger partial charge is 0.410 e. The first-order valence-corrected chi connectivity index (χ1v) is 11.9. The minimum atomic E-state index is -1.21. The Kier molecular flexibility index (Phi) is 5.75. The number of aromatic nitrogens is 2. The van der Waals surface area contributed by atoms with Crippen LogP contribution in [0.25, 0.3) is 5.69 Å². The molecule has 1 N–H and O–H groups in total. The number of hydrogen-bond acceptors (Lipinski definition) is 5. The summed E-state index contributed by atoms with van der Waals surface area (Å²) in [5.74, 6) is -1.56. The van der Waals surface area contributed by atoms with Crippen molar-refractivity contribution < 1.29 is 24.2 Å².